The molecule has 2 aliphatic carbocycles. The monoisotopic (exact) mass is 842 g/mol. The average molecular weight is 843 g/mol. The molecule has 0 unspecified atom stereocenters. The van der Waals surface area contributed by atoms with Crippen LogP contribution in [0.4, 0.5) is 9.59 Å². The molecule has 0 radical (unpaired) electrons. The number of likely N-dealkylation sites (tertiary alicyclic amines) is 1. The van der Waals surface area contributed by atoms with Crippen molar-refractivity contribution < 1.29 is 28.7 Å². The Bertz CT molecular complexity index is 2430. The summed E-state index contributed by atoms with van der Waals surface area (Å²) in [6.45, 7) is 8.29. The first-order valence-electron chi connectivity index (χ1n) is 21.9. The van der Waals surface area contributed by atoms with Gasteiger partial charge in [-0.15, -0.1) is 0 Å². The van der Waals surface area contributed by atoms with Crippen LogP contribution in [0.5, 0.6) is 0 Å². The maximum absolute atomic E-state index is 13.9. The number of rotatable bonds is 13. The fourth-order valence-corrected chi connectivity index (χ4v) is 9.34. The third-order valence-corrected chi connectivity index (χ3v) is 13.2. The van der Waals surface area contributed by atoms with Crippen molar-refractivity contribution in [1.29, 1.82) is 0 Å². The highest BCUT2D eigenvalue weighted by molar-refractivity contribution is 5.91. The fourth-order valence-electron chi connectivity index (χ4n) is 9.34. The maximum Gasteiger partial charge on any atom is 0.407 e. The van der Waals surface area contributed by atoms with Crippen molar-refractivity contribution in [3.05, 3.63) is 84.7 Å². The molecule has 326 valence electrons. The van der Waals surface area contributed by atoms with Gasteiger partial charge in [0.2, 0.25) is 11.8 Å². The second-order valence-electron chi connectivity index (χ2n) is 18.2. The highest BCUT2D eigenvalue weighted by Gasteiger charge is 2.55. The molecule has 1 spiro atoms. The molecule has 0 bridgehead atoms. The summed E-state index contributed by atoms with van der Waals surface area (Å²) in [6, 6.07) is 19.3. The Morgan fingerprint density at radius 3 is 1.90 bits per heavy atom. The van der Waals surface area contributed by atoms with Crippen molar-refractivity contribution in [2.45, 2.75) is 96.8 Å². The molecule has 3 heterocycles. The second kappa shape index (κ2) is 17.7. The topological polar surface area (TPSA) is 183 Å². The number of benzene rings is 3. The normalized spacial score (nSPS) is 18.5. The lowest BCUT2D eigenvalue weighted by molar-refractivity contribution is -0.135. The first-order chi connectivity index (χ1) is 29.8. The number of hydrogen-bond acceptors (Lipinski definition) is 8. The van der Waals surface area contributed by atoms with Gasteiger partial charge in [-0.1, -0.05) is 89.1 Å². The quantitative estimate of drug-likeness (QED) is 0.0782. The van der Waals surface area contributed by atoms with Crippen molar-refractivity contribution in [3.8, 4) is 33.6 Å². The molecule has 14 nitrogen and oxygen atoms in total. The van der Waals surface area contributed by atoms with Gasteiger partial charge in [0.1, 0.15) is 23.7 Å². The van der Waals surface area contributed by atoms with Crippen molar-refractivity contribution in [3.63, 3.8) is 0 Å². The molecule has 4 atom stereocenters. The van der Waals surface area contributed by atoms with E-state index in [4.69, 9.17) is 19.4 Å². The Labute approximate surface area is 362 Å². The Hall–Kier alpha value is -6.18. The number of H-pyrrole nitrogens is 2. The number of alkyl carbamates (subject to hydrolysis) is 2. The molecule has 1 saturated heterocycles. The van der Waals surface area contributed by atoms with Crippen LogP contribution < -0.4 is 16.0 Å². The summed E-state index contributed by atoms with van der Waals surface area (Å²) in [5.74, 6) is 1.10. The number of amides is 4. The highest BCUT2D eigenvalue weighted by Crippen LogP contribution is 2.58. The predicted molar refractivity (Wildman–Crippen MR) is 236 cm³/mol. The molecular weight excluding hydrogens is 785 g/mol. The largest absolute Gasteiger partial charge is 0.453 e. The Kier molecular flexibility index (Phi) is 12.1. The van der Waals surface area contributed by atoms with E-state index in [0.29, 0.717) is 12.4 Å². The highest BCUT2D eigenvalue weighted by atomic mass is 16.5. The molecule has 3 aromatic carbocycles. The number of methoxy groups -OCH3 is 2. The van der Waals surface area contributed by atoms with Gasteiger partial charge in [-0.05, 0) is 94.9 Å². The number of hydrogen-bond donors (Lipinski definition) is 5. The van der Waals surface area contributed by atoms with Crippen LogP contribution in [-0.4, -0.2) is 81.7 Å². The Balaban J connectivity index is 0.960. The van der Waals surface area contributed by atoms with Gasteiger partial charge in [-0.25, -0.2) is 19.6 Å². The molecule has 1 aliphatic heterocycles. The third-order valence-electron chi connectivity index (χ3n) is 13.2. The standard InChI is InChI=1S/C48H58N8O6/c1-27(2)39(54-46(59)61-5)44(57)53-41(31-9-7-8-10-31)43-50-25-37(52-43)35-18-17-33-21-32(15-16-34(33)22-35)29-11-13-30(14-12-29)36-24-49-42(51-36)38-23-48(19-20-48)26-56(38)45(58)40(28(3)4)55-47(60)62-6/h11-18,21-22,24-25,27-28,31,38-41H,7-10,19-20,23,26H2,1-6H3,(H,49,51)(H,50,52)(H,53,57)(H,54,59)(H,55,60)/t38-,39-,40-,41-/m0/s1. The molecule has 3 aliphatic rings. The zero-order chi connectivity index (χ0) is 43.7. The molecule has 8 rings (SSSR count). The van der Waals surface area contributed by atoms with E-state index in [2.05, 4.69) is 86.6 Å². The number of fused-ring (bicyclic) bond motifs is 1. The molecule has 14 heteroatoms. The molecule has 3 fully saturated rings. The van der Waals surface area contributed by atoms with Gasteiger partial charge >= 0.3 is 12.2 Å². The van der Waals surface area contributed by atoms with Crippen LogP contribution in [-0.2, 0) is 19.1 Å². The summed E-state index contributed by atoms with van der Waals surface area (Å²) < 4.78 is 9.60. The third kappa shape index (κ3) is 8.91. The van der Waals surface area contributed by atoms with E-state index in [1.54, 1.807) is 0 Å². The first-order valence-corrected chi connectivity index (χ1v) is 21.9. The van der Waals surface area contributed by atoms with Gasteiger partial charge in [0.25, 0.3) is 0 Å². The van der Waals surface area contributed by atoms with Gasteiger partial charge in [0.05, 0.1) is 50.1 Å². The van der Waals surface area contributed by atoms with Crippen molar-refractivity contribution >= 4 is 34.8 Å². The lowest BCUT2D eigenvalue weighted by Crippen LogP contribution is -2.51. The van der Waals surface area contributed by atoms with Crippen LogP contribution in [0.15, 0.2) is 73.1 Å². The molecule has 62 heavy (non-hydrogen) atoms. The number of aromatic nitrogens is 4. The van der Waals surface area contributed by atoms with E-state index >= 15 is 0 Å². The Morgan fingerprint density at radius 1 is 0.710 bits per heavy atom. The summed E-state index contributed by atoms with van der Waals surface area (Å²) in [5.41, 5.74) is 6.03. The van der Waals surface area contributed by atoms with Crippen LogP contribution in [0.25, 0.3) is 44.4 Å². The van der Waals surface area contributed by atoms with E-state index in [1.165, 1.54) is 14.2 Å². The van der Waals surface area contributed by atoms with Gasteiger partial charge in [0, 0.05) is 12.1 Å². The summed E-state index contributed by atoms with van der Waals surface area (Å²) in [4.78, 5) is 70.1. The Morgan fingerprint density at radius 2 is 1.27 bits per heavy atom. The second-order valence-corrected chi connectivity index (χ2v) is 18.2. The zero-order valence-electron chi connectivity index (χ0n) is 36.4. The van der Waals surface area contributed by atoms with Gasteiger partial charge in [-0.2, -0.15) is 0 Å². The zero-order valence-corrected chi connectivity index (χ0v) is 36.4. The number of carbonyl (C=O) groups excluding carboxylic acids is 4. The fraction of sp³-hybridized carbons (Fsp3) is 0.458. The summed E-state index contributed by atoms with van der Waals surface area (Å²) in [5, 5.41) is 10.8. The van der Waals surface area contributed by atoms with Gasteiger partial charge in [-0.3, -0.25) is 9.59 Å². The average Bonchev–Trinajstić information content (AvgIpc) is 3.85. The SMILES string of the molecule is COC(=O)N[C@H](C(=O)N[C@H](c1ncc(-c2ccc3cc(-c4ccc(-c5cnc([C@@H]6CC7(CC7)CN6C(=O)[C@@H](NC(=O)OC)C(C)C)[nH]5)cc4)ccc3c2)[nH]1)C1CCCC1)C(C)C. The minimum atomic E-state index is -0.736. The number of nitrogens with zero attached hydrogens (tertiary/aromatic N) is 3. The summed E-state index contributed by atoms with van der Waals surface area (Å²) >= 11 is 0. The minimum Gasteiger partial charge on any atom is -0.453 e. The van der Waals surface area contributed by atoms with E-state index in [0.717, 1.165) is 95.2 Å². The van der Waals surface area contributed by atoms with Gasteiger partial charge in [0.15, 0.2) is 0 Å². The van der Waals surface area contributed by atoms with E-state index < -0.39 is 24.3 Å². The summed E-state index contributed by atoms with van der Waals surface area (Å²) in [7, 11) is 2.60. The molecule has 4 amide bonds. The van der Waals surface area contributed by atoms with Crippen LogP contribution in [0.3, 0.4) is 0 Å². The van der Waals surface area contributed by atoms with Crippen LogP contribution in [0.1, 0.15) is 96.4 Å². The molecular formula is C48H58N8O6. The maximum atomic E-state index is 13.9. The lowest BCUT2D eigenvalue weighted by atomic mass is 9.96. The number of nitrogens with one attached hydrogen (secondary N) is 5. The number of imidazole rings is 2. The summed E-state index contributed by atoms with van der Waals surface area (Å²) in [6.07, 6.45) is 9.62. The lowest BCUT2D eigenvalue weighted by Gasteiger charge is -2.30. The molecule has 2 aromatic heterocycles. The first kappa shape index (κ1) is 42.5. The molecule has 5 N–H and O–H groups in total. The minimum absolute atomic E-state index is 0.105. The number of ether oxygens (including phenoxy) is 2. The van der Waals surface area contributed by atoms with E-state index in [-0.39, 0.29) is 47.1 Å². The molecule has 5 aromatic rings. The van der Waals surface area contributed by atoms with Gasteiger partial charge < -0.3 is 40.3 Å². The van der Waals surface area contributed by atoms with E-state index in [1.807, 2.05) is 45.0 Å². The van der Waals surface area contributed by atoms with Crippen LogP contribution in [0.2, 0.25) is 0 Å². The van der Waals surface area contributed by atoms with Crippen LogP contribution in [0, 0.1) is 23.2 Å². The molecule has 2 saturated carbocycles. The number of aromatic amines is 2. The predicted octanol–water partition coefficient (Wildman–Crippen LogP) is 8.45. The van der Waals surface area contributed by atoms with Crippen molar-refractivity contribution in [2.75, 3.05) is 20.8 Å². The van der Waals surface area contributed by atoms with E-state index in [9.17, 15) is 19.2 Å². The smallest absolute Gasteiger partial charge is 0.407 e. The number of carbonyl (C=O) groups is 4. The van der Waals surface area contributed by atoms with Crippen molar-refractivity contribution in [1.82, 2.24) is 40.8 Å². The van der Waals surface area contributed by atoms with Crippen molar-refractivity contribution in [2.24, 2.45) is 23.2 Å². The van der Waals surface area contributed by atoms with Crippen LogP contribution >= 0.6 is 0 Å².